The van der Waals surface area contributed by atoms with Gasteiger partial charge in [-0.3, -0.25) is 4.68 Å². The van der Waals surface area contributed by atoms with Crippen molar-refractivity contribution in [1.82, 2.24) is 24.7 Å². The number of nitrogens with zero attached hydrogens (tertiary/aromatic N) is 4. The number of pyridine rings is 1. The Morgan fingerprint density at radius 2 is 1.89 bits per heavy atom. The van der Waals surface area contributed by atoms with E-state index in [1.54, 1.807) is 0 Å². The van der Waals surface area contributed by atoms with Gasteiger partial charge in [0.25, 0.3) is 0 Å². The van der Waals surface area contributed by atoms with Gasteiger partial charge in [-0.25, -0.2) is 9.97 Å². The third kappa shape index (κ3) is 2.57. The Balaban J connectivity index is 1.44. The number of benzene rings is 1. The molecule has 1 N–H and O–H groups in total. The summed E-state index contributed by atoms with van der Waals surface area (Å²) in [5, 5.41) is 4.49. The number of hydrogen-bond donors (Lipinski definition) is 1. The second-order valence-corrected chi connectivity index (χ2v) is 7.77. The van der Waals surface area contributed by atoms with Crippen molar-refractivity contribution in [2.75, 3.05) is 0 Å². The van der Waals surface area contributed by atoms with Gasteiger partial charge in [0.15, 0.2) is 5.65 Å². The van der Waals surface area contributed by atoms with Gasteiger partial charge in [-0.15, -0.1) is 0 Å². The smallest absolute Gasteiger partial charge is 0.178 e. The van der Waals surface area contributed by atoms with E-state index in [1.807, 2.05) is 12.4 Å². The summed E-state index contributed by atoms with van der Waals surface area (Å²) >= 11 is 0. The van der Waals surface area contributed by atoms with Crippen LogP contribution in [0.5, 0.6) is 0 Å². The van der Waals surface area contributed by atoms with E-state index in [-0.39, 0.29) is 0 Å². The highest BCUT2D eigenvalue weighted by Gasteiger charge is 2.25. The van der Waals surface area contributed by atoms with Gasteiger partial charge in [0.1, 0.15) is 5.82 Å². The van der Waals surface area contributed by atoms with Crippen LogP contribution in [-0.4, -0.2) is 24.7 Å². The fourth-order valence-electron chi connectivity index (χ4n) is 4.19. The number of fused-ring (bicyclic) bond motifs is 2. The molecule has 2 aliphatic carbocycles. The molecule has 0 atom stereocenters. The number of aromatic amines is 1. The summed E-state index contributed by atoms with van der Waals surface area (Å²) in [5.74, 6) is 0.842. The molecule has 1 fully saturated rings. The third-order valence-electron chi connectivity index (χ3n) is 5.85. The summed E-state index contributed by atoms with van der Waals surface area (Å²) in [6, 6.07) is 9.56. The van der Waals surface area contributed by atoms with Crippen LogP contribution < -0.4 is 0 Å². The van der Waals surface area contributed by atoms with Crippen molar-refractivity contribution in [1.29, 1.82) is 0 Å². The molecule has 6 rings (SSSR count). The van der Waals surface area contributed by atoms with E-state index in [0.29, 0.717) is 6.04 Å². The van der Waals surface area contributed by atoms with E-state index in [2.05, 4.69) is 50.2 Å². The summed E-state index contributed by atoms with van der Waals surface area (Å²) in [5.41, 5.74) is 8.20. The Bertz CT molecular complexity index is 1150. The molecule has 1 aromatic carbocycles. The number of imidazole rings is 1. The fraction of sp³-hybridized carbons (Fsp3) is 0.318. The van der Waals surface area contributed by atoms with Crippen LogP contribution in [0.25, 0.3) is 33.7 Å². The molecule has 134 valence electrons. The molecule has 3 heterocycles. The van der Waals surface area contributed by atoms with Crippen LogP contribution in [0.15, 0.2) is 42.9 Å². The third-order valence-corrected chi connectivity index (χ3v) is 5.85. The first-order valence-electron chi connectivity index (χ1n) is 9.86. The first-order chi connectivity index (χ1) is 13.3. The van der Waals surface area contributed by atoms with Crippen LogP contribution in [0.1, 0.15) is 42.9 Å². The zero-order valence-corrected chi connectivity index (χ0v) is 15.2. The number of H-pyrrole nitrogens is 1. The lowest BCUT2D eigenvalue weighted by atomic mass is 9.89. The highest BCUT2D eigenvalue weighted by atomic mass is 15.3. The van der Waals surface area contributed by atoms with Crippen molar-refractivity contribution in [3.8, 4) is 22.5 Å². The highest BCUT2D eigenvalue weighted by Crippen LogP contribution is 2.35. The standard InChI is InChI=1S/C22H21N5/c1-2-4-15-11-16(6-5-14(15)3-1)19-9-10-23-22-20(19)25-21(26-22)17-12-24-27(13-17)18-7-8-18/h5-6,9-13,18H,1-4,7-8H2,(H,23,25,26). The zero-order chi connectivity index (χ0) is 17.8. The number of hydrogen-bond acceptors (Lipinski definition) is 3. The summed E-state index contributed by atoms with van der Waals surface area (Å²) < 4.78 is 2.06. The second-order valence-electron chi connectivity index (χ2n) is 7.77. The molecule has 4 aromatic rings. The molecular weight excluding hydrogens is 334 g/mol. The van der Waals surface area contributed by atoms with Crippen molar-refractivity contribution in [3.05, 3.63) is 54.0 Å². The van der Waals surface area contributed by atoms with Crippen molar-refractivity contribution < 1.29 is 0 Å². The molecule has 5 nitrogen and oxygen atoms in total. The number of nitrogens with one attached hydrogen (secondary N) is 1. The molecule has 2 aliphatic rings. The van der Waals surface area contributed by atoms with Crippen LogP contribution >= 0.6 is 0 Å². The molecule has 5 heteroatoms. The lowest BCUT2D eigenvalue weighted by Crippen LogP contribution is -2.02. The predicted octanol–water partition coefficient (Wildman–Crippen LogP) is 4.70. The van der Waals surface area contributed by atoms with Crippen molar-refractivity contribution in [3.63, 3.8) is 0 Å². The summed E-state index contributed by atoms with van der Waals surface area (Å²) in [6.45, 7) is 0. The monoisotopic (exact) mass is 355 g/mol. The van der Waals surface area contributed by atoms with Gasteiger partial charge in [0, 0.05) is 18.0 Å². The lowest BCUT2D eigenvalue weighted by Gasteiger charge is -2.16. The number of aryl methyl sites for hydroxylation is 2. The Labute approximate surface area is 157 Å². The topological polar surface area (TPSA) is 59.4 Å². The predicted molar refractivity (Wildman–Crippen MR) is 105 cm³/mol. The Kier molecular flexibility index (Phi) is 3.24. The van der Waals surface area contributed by atoms with Gasteiger partial charge in [-0.1, -0.05) is 18.2 Å². The Hall–Kier alpha value is -2.95. The molecule has 0 amide bonds. The molecule has 3 aromatic heterocycles. The maximum Gasteiger partial charge on any atom is 0.178 e. The van der Waals surface area contributed by atoms with Crippen LogP contribution in [-0.2, 0) is 12.8 Å². The number of aromatic nitrogens is 5. The molecule has 0 radical (unpaired) electrons. The van der Waals surface area contributed by atoms with E-state index >= 15 is 0 Å². The zero-order valence-electron chi connectivity index (χ0n) is 15.2. The van der Waals surface area contributed by atoms with Gasteiger partial charge < -0.3 is 4.98 Å². The minimum atomic E-state index is 0.576. The van der Waals surface area contributed by atoms with Crippen molar-refractivity contribution in [2.24, 2.45) is 0 Å². The summed E-state index contributed by atoms with van der Waals surface area (Å²) in [4.78, 5) is 12.7. The van der Waals surface area contributed by atoms with Crippen LogP contribution in [0, 0.1) is 0 Å². The molecular formula is C22H21N5. The van der Waals surface area contributed by atoms with Gasteiger partial charge >= 0.3 is 0 Å². The summed E-state index contributed by atoms with van der Waals surface area (Å²) in [7, 11) is 0. The minimum Gasteiger partial charge on any atom is -0.336 e. The maximum absolute atomic E-state index is 4.73. The quantitative estimate of drug-likeness (QED) is 0.579. The first-order valence-corrected chi connectivity index (χ1v) is 9.86. The molecule has 0 unspecified atom stereocenters. The average molecular weight is 355 g/mol. The van der Waals surface area contributed by atoms with E-state index < -0.39 is 0 Å². The number of rotatable bonds is 3. The molecule has 0 aliphatic heterocycles. The molecule has 0 saturated heterocycles. The van der Waals surface area contributed by atoms with Gasteiger partial charge in [0.2, 0.25) is 0 Å². The Morgan fingerprint density at radius 3 is 2.78 bits per heavy atom. The SMILES string of the molecule is c1cc(-c2ccc3c(c2)CCCC3)c2[nH]c(-c3cnn(C4CC4)c3)nc2n1. The summed E-state index contributed by atoms with van der Waals surface area (Å²) in [6.07, 6.45) is 13.3. The Morgan fingerprint density at radius 1 is 1.00 bits per heavy atom. The van der Waals surface area contributed by atoms with Crippen molar-refractivity contribution >= 4 is 11.2 Å². The minimum absolute atomic E-state index is 0.576. The van der Waals surface area contributed by atoms with E-state index in [9.17, 15) is 0 Å². The van der Waals surface area contributed by atoms with Crippen LogP contribution in [0.2, 0.25) is 0 Å². The van der Waals surface area contributed by atoms with Gasteiger partial charge in [0.05, 0.1) is 23.3 Å². The lowest BCUT2D eigenvalue weighted by molar-refractivity contribution is 0.642. The normalized spacial score (nSPS) is 16.6. The fourth-order valence-corrected chi connectivity index (χ4v) is 4.19. The van der Waals surface area contributed by atoms with Crippen LogP contribution in [0.3, 0.4) is 0 Å². The maximum atomic E-state index is 4.73. The highest BCUT2D eigenvalue weighted by molar-refractivity contribution is 5.91. The molecule has 1 saturated carbocycles. The van der Waals surface area contributed by atoms with E-state index in [4.69, 9.17) is 4.98 Å². The largest absolute Gasteiger partial charge is 0.336 e. The van der Waals surface area contributed by atoms with Crippen LogP contribution in [0.4, 0.5) is 0 Å². The second kappa shape index (κ2) is 5.78. The molecule has 0 spiro atoms. The first kappa shape index (κ1) is 15.1. The van der Waals surface area contributed by atoms with E-state index in [0.717, 1.165) is 22.6 Å². The van der Waals surface area contributed by atoms with Gasteiger partial charge in [-0.05, 0) is 61.3 Å². The van der Waals surface area contributed by atoms with Crippen molar-refractivity contribution in [2.45, 2.75) is 44.6 Å². The molecule has 27 heavy (non-hydrogen) atoms. The molecule has 0 bridgehead atoms. The van der Waals surface area contributed by atoms with Gasteiger partial charge in [-0.2, -0.15) is 5.10 Å². The van der Waals surface area contributed by atoms with E-state index in [1.165, 1.54) is 60.8 Å². The average Bonchev–Trinajstić information content (AvgIpc) is 3.27.